The Hall–Kier alpha value is -0.390. The summed E-state index contributed by atoms with van der Waals surface area (Å²) in [5.74, 6) is 0. The minimum absolute atomic E-state index is 0.221. The largest absolute Gasteiger partial charge is 0.241 e. The van der Waals surface area contributed by atoms with Crippen molar-refractivity contribution in [2.75, 3.05) is 0 Å². The van der Waals surface area contributed by atoms with Crippen molar-refractivity contribution in [3.05, 3.63) is 28.7 Å². The maximum atomic E-state index is 11.9. The molecule has 15 heavy (non-hydrogen) atoms. The highest BCUT2D eigenvalue weighted by molar-refractivity contribution is 9.10. The maximum Gasteiger partial charge on any atom is 0.241 e. The smallest absolute Gasteiger partial charge is 0.207 e. The van der Waals surface area contributed by atoms with Gasteiger partial charge in [0.05, 0.1) is 4.90 Å². The van der Waals surface area contributed by atoms with Gasteiger partial charge in [-0.2, -0.15) is 0 Å². The fourth-order valence-electron chi connectivity index (χ4n) is 1.31. The topological polar surface area (TPSA) is 46.2 Å². The van der Waals surface area contributed by atoms with Crippen LogP contribution in [0.5, 0.6) is 0 Å². The van der Waals surface area contributed by atoms with E-state index in [1.807, 2.05) is 6.92 Å². The van der Waals surface area contributed by atoms with Gasteiger partial charge in [-0.3, -0.25) is 0 Å². The van der Waals surface area contributed by atoms with Crippen LogP contribution in [0.3, 0.4) is 0 Å². The zero-order chi connectivity index (χ0) is 11.1. The van der Waals surface area contributed by atoms with Gasteiger partial charge >= 0.3 is 0 Å². The molecule has 3 nitrogen and oxygen atoms in total. The average molecular weight is 290 g/mol. The standard InChI is InChI=1S/C10H12BrNO2S/c1-10(5-6-10)12-15(13,14)9-4-2-3-8(11)7-9/h2-4,7,12H,5-6H2,1H3. The summed E-state index contributed by atoms with van der Waals surface area (Å²) in [6.45, 7) is 1.92. The van der Waals surface area contributed by atoms with Crippen molar-refractivity contribution >= 4 is 26.0 Å². The molecule has 0 atom stereocenters. The van der Waals surface area contributed by atoms with Crippen LogP contribution in [0.25, 0.3) is 0 Å². The van der Waals surface area contributed by atoms with Gasteiger partial charge in [0, 0.05) is 10.0 Å². The molecule has 1 fully saturated rings. The van der Waals surface area contributed by atoms with E-state index in [1.165, 1.54) is 0 Å². The van der Waals surface area contributed by atoms with Crippen LogP contribution in [0.1, 0.15) is 19.8 Å². The third-order valence-electron chi connectivity index (χ3n) is 2.49. The van der Waals surface area contributed by atoms with E-state index in [0.717, 1.165) is 17.3 Å². The van der Waals surface area contributed by atoms with Crippen molar-refractivity contribution in [3.8, 4) is 0 Å². The van der Waals surface area contributed by atoms with E-state index in [2.05, 4.69) is 20.7 Å². The summed E-state index contributed by atoms with van der Waals surface area (Å²) in [4.78, 5) is 0.310. The third kappa shape index (κ3) is 2.59. The van der Waals surface area contributed by atoms with Gasteiger partial charge in [0.1, 0.15) is 0 Å². The SMILES string of the molecule is CC1(NS(=O)(=O)c2cccc(Br)c2)CC1. The van der Waals surface area contributed by atoms with E-state index in [0.29, 0.717) is 4.90 Å². The molecule has 1 aromatic rings. The number of hydrogen-bond acceptors (Lipinski definition) is 2. The highest BCUT2D eigenvalue weighted by atomic mass is 79.9. The second-order valence-electron chi connectivity index (χ2n) is 4.12. The number of nitrogens with one attached hydrogen (secondary N) is 1. The number of sulfonamides is 1. The van der Waals surface area contributed by atoms with Gasteiger partial charge in [0.25, 0.3) is 0 Å². The normalized spacial score (nSPS) is 18.8. The molecule has 0 aromatic heterocycles. The highest BCUT2D eigenvalue weighted by Crippen LogP contribution is 2.36. The Morgan fingerprint density at radius 3 is 2.60 bits per heavy atom. The first-order valence-electron chi connectivity index (χ1n) is 4.71. The van der Waals surface area contributed by atoms with Crippen LogP contribution in [0.15, 0.2) is 33.6 Å². The molecule has 1 saturated carbocycles. The Morgan fingerprint density at radius 2 is 2.07 bits per heavy atom. The van der Waals surface area contributed by atoms with Crippen LogP contribution in [0, 0.1) is 0 Å². The minimum Gasteiger partial charge on any atom is -0.207 e. The number of hydrogen-bond donors (Lipinski definition) is 1. The summed E-state index contributed by atoms with van der Waals surface area (Å²) in [6.07, 6.45) is 1.83. The Morgan fingerprint density at radius 1 is 1.40 bits per heavy atom. The van der Waals surface area contributed by atoms with Crippen molar-refractivity contribution in [1.29, 1.82) is 0 Å². The quantitative estimate of drug-likeness (QED) is 0.928. The Labute approximate surface area is 98.1 Å². The molecule has 0 heterocycles. The molecule has 1 aliphatic carbocycles. The van der Waals surface area contributed by atoms with Crippen molar-refractivity contribution in [1.82, 2.24) is 4.72 Å². The summed E-state index contributed by atoms with van der Waals surface area (Å²) in [5.41, 5.74) is -0.221. The van der Waals surface area contributed by atoms with E-state index in [9.17, 15) is 8.42 Å². The van der Waals surface area contributed by atoms with Crippen molar-refractivity contribution in [2.45, 2.75) is 30.2 Å². The predicted molar refractivity (Wildman–Crippen MR) is 62.1 cm³/mol. The van der Waals surface area contributed by atoms with Crippen molar-refractivity contribution < 1.29 is 8.42 Å². The summed E-state index contributed by atoms with van der Waals surface area (Å²) in [6, 6.07) is 6.72. The van der Waals surface area contributed by atoms with E-state index in [-0.39, 0.29) is 5.54 Å². The van der Waals surface area contributed by atoms with Gasteiger partial charge in [-0.05, 0) is 38.0 Å². The number of halogens is 1. The molecule has 0 unspecified atom stereocenters. The molecule has 0 spiro atoms. The van der Waals surface area contributed by atoms with E-state index >= 15 is 0 Å². The maximum absolute atomic E-state index is 11.9. The second kappa shape index (κ2) is 3.57. The zero-order valence-electron chi connectivity index (χ0n) is 8.33. The Kier molecular flexibility index (Phi) is 2.65. The molecule has 0 bridgehead atoms. The number of benzene rings is 1. The molecule has 1 aliphatic rings. The van der Waals surface area contributed by atoms with Crippen LogP contribution in [-0.4, -0.2) is 14.0 Å². The van der Waals surface area contributed by atoms with Gasteiger partial charge < -0.3 is 0 Å². The second-order valence-corrected chi connectivity index (χ2v) is 6.72. The van der Waals surface area contributed by atoms with Crippen LogP contribution in [-0.2, 0) is 10.0 Å². The zero-order valence-corrected chi connectivity index (χ0v) is 10.7. The van der Waals surface area contributed by atoms with Crippen LogP contribution >= 0.6 is 15.9 Å². The fourth-order valence-corrected chi connectivity index (χ4v) is 3.37. The molecule has 5 heteroatoms. The number of rotatable bonds is 3. The van der Waals surface area contributed by atoms with Crippen LogP contribution < -0.4 is 4.72 Å². The average Bonchev–Trinajstić information content (AvgIpc) is 2.82. The molecule has 0 aliphatic heterocycles. The van der Waals surface area contributed by atoms with Gasteiger partial charge in [0.15, 0.2) is 0 Å². The van der Waals surface area contributed by atoms with Gasteiger partial charge in [0.2, 0.25) is 10.0 Å². The summed E-state index contributed by atoms with van der Waals surface area (Å²) >= 11 is 3.26. The van der Waals surface area contributed by atoms with Crippen LogP contribution in [0.2, 0.25) is 0 Å². The molecule has 1 N–H and O–H groups in total. The summed E-state index contributed by atoms with van der Waals surface area (Å²) < 4.78 is 27.3. The van der Waals surface area contributed by atoms with Gasteiger partial charge in [-0.1, -0.05) is 22.0 Å². The molecule has 0 saturated heterocycles. The van der Waals surface area contributed by atoms with Crippen LogP contribution in [0.4, 0.5) is 0 Å². The van der Waals surface area contributed by atoms with Gasteiger partial charge in [-0.25, -0.2) is 13.1 Å². The first-order chi connectivity index (χ1) is 6.91. The van der Waals surface area contributed by atoms with E-state index in [1.54, 1.807) is 24.3 Å². The highest BCUT2D eigenvalue weighted by Gasteiger charge is 2.41. The fraction of sp³-hybridized carbons (Fsp3) is 0.400. The van der Waals surface area contributed by atoms with Gasteiger partial charge in [-0.15, -0.1) is 0 Å². The lowest BCUT2D eigenvalue weighted by Crippen LogP contribution is -2.34. The van der Waals surface area contributed by atoms with E-state index in [4.69, 9.17) is 0 Å². The first kappa shape index (κ1) is 11.1. The Balaban J connectivity index is 2.29. The minimum atomic E-state index is -3.36. The Bertz CT molecular complexity index is 480. The molecule has 1 aromatic carbocycles. The third-order valence-corrected chi connectivity index (χ3v) is 4.62. The predicted octanol–water partition coefficient (Wildman–Crippen LogP) is 2.28. The van der Waals surface area contributed by atoms with Crippen molar-refractivity contribution in [3.63, 3.8) is 0 Å². The lowest BCUT2D eigenvalue weighted by molar-refractivity contribution is 0.558. The monoisotopic (exact) mass is 289 g/mol. The summed E-state index contributed by atoms with van der Waals surface area (Å²) in [7, 11) is -3.36. The molecule has 0 amide bonds. The molecule has 82 valence electrons. The first-order valence-corrected chi connectivity index (χ1v) is 6.99. The molecule has 2 rings (SSSR count). The molecule has 0 radical (unpaired) electrons. The lowest BCUT2D eigenvalue weighted by Gasteiger charge is -2.12. The molecular formula is C10H12BrNO2S. The van der Waals surface area contributed by atoms with E-state index < -0.39 is 10.0 Å². The lowest BCUT2D eigenvalue weighted by atomic mass is 10.4. The summed E-state index contributed by atoms with van der Waals surface area (Å²) in [5, 5.41) is 0. The molecular weight excluding hydrogens is 278 g/mol. The van der Waals surface area contributed by atoms with Crippen molar-refractivity contribution in [2.24, 2.45) is 0 Å².